The van der Waals surface area contributed by atoms with E-state index in [1.54, 1.807) is 6.92 Å². The van der Waals surface area contributed by atoms with Crippen LogP contribution >= 0.6 is 11.6 Å². The number of hydrogen-bond donors (Lipinski definition) is 1. The van der Waals surface area contributed by atoms with E-state index in [1.165, 1.54) is 23.1 Å². The van der Waals surface area contributed by atoms with Gasteiger partial charge in [-0.05, 0) is 31.0 Å². The third-order valence-corrected chi connectivity index (χ3v) is 3.83. The van der Waals surface area contributed by atoms with Gasteiger partial charge in [-0.2, -0.15) is 0 Å². The van der Waals surface area contributed by atoms with Crippen molar-refractivity contribution in [1.29, 1.82) is 0 Å². The van der Waals surface area contributed by atoms with E-state index in [0.29, 0.717) is 17.9 Å². The quantitative estimate of drug-likeness (QED) is 0.929. The second kappa shape index (κ2) is 6.43. The maximum atomic E-state index is 14.1. The third kappa shape index (κ3) is 3.02. The smallest absolute Gasteiger partial charge is 0.250 e. The van der Waals surface area contributed by atoms with Crippen LogP contribution in [-0.2, 0) is 9.59 Å². The summed E-state index contributed by atoms with van der Waals surface area (Å²) in [7, 11) is 0. The molecule has 1 aliphatic heterocycles. The van der Waals surface area contributed by atoms with Gasteiger partial charge in [0.15, 0.2) is 0 Å². The van der Waals surface area contributed by atoms with E-state index in [2.05, 4.69) is 5.32 Å². The largest absolute Gasteiger partial charge is 0.342 e. The van der Waals surface area contributed by atoms with Crippen LogP contribution in [0.25, 0.3) is 0 Å². The lowest BCUT2D eigenvalue weighted by atomic mass is 10.0. The van der Waals surface area contributed by atoms with Crippen molar-refractivity contribution in [2.75, 3.05) is 4.90 Å². The average molecular weight is 313 g/mol. The molecule has 2 atom stereocenters. The van der Waals surface area contributed by atoms with E-state index in [-0.39, 0.29) is 17.5 Å². The van der Waals surface area contributed by atoms with Gasteiger partial charge < -0.3 is 5.32 Å². The number of benzene rings is 1. The molecule has 2 unspecified atom stereocenters. The Bertz CT molecular complexity index is 565. The molecule has 0 saturated carbocycles. The molecule has 1 aromatic carbocycles. The summed E-state index contributed by atoms with van der Waals surface area (Å²) in [5, 5.41) is 3.04. The van der Waals surface area contributed by atoms with Crippen LogP contribution in [0.1, 0.15) is 33.1 Å². The molecule has 1 heterocycles. The van der Waals surface area contributed by atoms with Gasteiger partial charge in [0, 0.05) is 5.02 Å². The highest BCUT2D eigenvalue weighted by molar-refractivity contribution is 6.31. The number of amides is 2. The van der Waals surface area contributed by atoms with Crippen LogP contribution in [0.15, 0.2) is 18.2 Å². The standard InChI is InChI=1S/C15H18ClFN2O2/c1-3-5-11-15(21)19(12(4-2)14(20)18-11)13-8-9(16)6-7-10(13)17/h6-8,11-12H,3-5H2,1-2H3,(H,18,20). The van der Waals surface area contributed by atoms with Crippen molar-refractivity contribution in [2.24, 2.45) is 0 Å². The van der Waals surface area contributed by atoms with Crippen molar-refractivity contribution in [3.63, 3.8) is 0 Å². The zero-order valence-corrected chi connectivity index (χ0v) is 12.8. The van der Waals surface area contributed by atoms with Crippen LogP contribution in [0.3, 0.4) is 0 Å². The molecule has 0 bridgehead atoms. The number of carbonyl (C=O) groups is 2. The van der Waals surface area contributed by atoms with Crippen LogP contribution < -0.4 is 10.2 Å². The maximum absolute atomic E-state index is 14.1. The van der Waals surface area contributed by atoms with E-state index in [9.17, 15) is 14.0 Å². The molecule has 114 valence electrons. The first-order chi connectivity index (χ1) is 9.99. The monoisotopic (exact) mass is 312 g/mol. The van der Waals surface area contributed by atoms with Crippen LogP contribution in [0.4, 0.5) is 10.1 Å². The maximum Gasteiger partial charge on any atom is 0.250 e. The van der Waals surface area contributed by atoms with Gasteiger partial charge >= 0.3 is 0 Å². The predicted molar refractivity (Wildman–Crippen MR) is 79.8 cm³/mol. The summed E-state index contributed by atoms with van der Waals surface area (Å²) in [4.78, 5) is 26.0. The number of piperazine rings is 1. The Morgan fingerprint density at radius 2 is 2.05 bits per heavy atom. The molecule has 6 heteroatoms. The summed E-state index contributed by atoms with van der Waals surface area (Å²) < 4.78 is 14.1. The highest BCUT2D eigenvalue weighted by atomic mass is 35.5. The van der Waals surface area contributed by atoms with Crippen molar-refractivity contribution >= 4 is 29.1 Å². The molecule has 1 saturated heterocycles. The lowest BCUT2D eigenvalue weighted by Gasteiger charge is -2.38. The molecule has 1 N–H and O–H groups in total. The van der Waals surface area contributed by atoms with Gasteiger partial charge in [-0.15, -0.1) is 0 Å². The summed E-state index contributed by atoms with van der Waals surface area (Å²) in [6.07, 6.45) is 1.68. The van der Waals surface area contributed by atoms with Crippen molar-refractivity contribution < 1.29 is 14.0 Å². The summed E-state index contributed by atoms with van der Waals surface area (Å²) in [6.45, 7) is 3.71. The predicted octanol–water partition coefficient (Wildman–Crippen LogP) is 2.89. The van der Waals surface area contributed by atoms with Crippen LogP contribution in [0.5, 0.6) is 0 Å². The molecule has 2 rings (SSSR count). The van der Waals surface area contributed by atoms with Gasteiger partial charge in [0.1, 0.15) is 17.9 Å². The normalized spacial score (nSPS) is 22.4. The summed E-state index contributed by atoms with van der Waals surface area (Å²) in [6, 6.07) is 2.69. The molecule has 0 aromatic heterocycles. The van der Waals surface area contributed by atoms with Gasteiger partial charge in [-0.3, -0.25) is 14.5 Å². The molecule has 1 aliphatic rings. The fourth-order valence-electron chi connectivity index (χ4n) is 2.58. The summed E-state index contributed by atoms with van der Waals surface area (Å²) in [5.41, 5.74) is 0.0651. The Labute approximate surface area is 128 Å². The fourth-order valence-corrected chi connectivity index (χ4v) is 2.74. The van der Waals surface area contributed by atoms with E-state index in [0.717, 1.165) is 6.42 Å². The number of nitrogens with zero attached hydrogens (tertiary/aromatic N) is 1. The highest BCUT2D eigenvalue weighted by Crippen LogP contribution is 2.29. The average Bonchev–Trinajstić information content (AvgIpc) is 2.45. The zero-order chi connectivity index (χ0) is 15.6. The molecule has 1 aromatic rings. The van der Waals surface area contributed by atoms with E-state index in [4.69, 9.17) is 11.6 Å². The number of hydrogen-bond acceptors (Lipinski definition) is 2. The minimum Gasteiger partial charge on any atom is -0.342 e. The Hall–Kier alpha value is -1.62. The van der Waals surface area contributed by atoms with Crippen molar-refractivity contribution in [1.82, 2.24) is 5.32 Å². The number of rotatable bonds is 4. The van der Waals surface area contributed by atoms with E-state index in [1.807, 2.05) is 6.92 Å². The summed E-state index contributed by atoms with van der Waals surface area (Å²) in [5.74, 6) is -1.10. The molecule has 4 nitrogen and oxygen atoms in total. The molecule has 0 radical (unpaired) electrons. The Balaban J connectivity index is 2.46. The molecule has 1 fully saturated rings. The van der Waals surface area contributed by atoms with Gasteiger partial charge in [0.05, 0.1) is 5.69 Å². The molecule has 0 spiro atoms. The van der Waals surface area contributed by atoms with E-state index < -0.39 is 17.9 Å². The second-order valence-corrected chi connectivity index (χ2v) is 5.51. The van der Waals surface area contributed by atoms with E-state index >= 15 is 0 Å². The Kier molecular flexibility index (Phi) is 4.83. The second-order valence-electron chi connectivity index (χ2n) is 5.08. The van der Waals surface area contributed by atoms with Crippen molar-refractivity contribution in [3.8, 4) is 0 Å². The number of anilines is 1. The molecular weight excluding hydrogens is 295 g/mol. The number of carbonyl (C=O) groups excluding carboxylic acids is 2. The minimum atomic E-state index is -0.710. The van der Waals surface area contributed by atoms with Crippen molar-refractivity contribution in [3.05, 3.63) is 29.0 Å². The first-order valence-corrected chi connectivity index (χ1v) is 7.45. The molecule has 0 aliphatic carbocycles. The van der Waals surface area contributed by atoms with Crippen molar-refractivity contribution in [2.45, 2.75) is 45.2 Å². The van der Waals surface area contributed by atoms with Crippen LogP contribution in [0, 0.1) is 5.82 Å². The molecule has 21 heavy (non-hydrogen) atoms. The zero-order valence-electron chi connectivity index (χ0n) is 12.0. The third-order valence-electron chi connectivity index (χ3n) is 3.60. The first-order valence-electron chi connectivity index (χ1n) is 7.08. The summed E-state index contributed by atoms with van der Waals surface area (Å²) >= 11 is 5.90. The number of halogens is 2. The molecular formula is C15H18ClFN2O2. The van der Waals surface area contributed by atoms with Gasteiger partial charge in [-0.25, -0.2) is 4.39 Å². The van der Waals surface area contributed by atoms with Gasteiger partial charge in [0.25, 0.3) is 0 Å². The first kappa shape index (κ1) is 15.8. The topological polar surface area (TPSA) is 49.4 Å². The van der Waals surface area contributed by atoms with Gasteiger partial charge in [-0.1, -0.05) is 31.9 Å². The Morgan fingerprint density at radius 3 is 2.67 bits per heavy atom. The lowest BCUT2D eigenvalue weighted by molar-refractivity contribution is -0.134. The molecule has 2 amide bonds. The SMILES string of the molecule is CCCC1NC(=O)C(CC)N(c2cc(Cl)ccc2F)C1=O. The van der Waals surface area contributed by atoms with Gasteiger partial charge in [0.2, 0.25) is 11.8 Å². The highest BCUT2D eigenvalue weighted by Gasteiger charge is 2.40. The lowest BCUT2D eigenvalue weighted by Crippen LogP contribution is -2.63. The van der Waals surface area contributed by atoms with Crippen LogP contribution in [-0.4, -0.2) is 23.9 Å². The van der Waals surface area contributed by atoms with Crippen LogP contribution in [0.2, 0.25) is 5.02 Å². The fraction of sp³-hybridized carbons (Fsp3) is 0.467. The number of nitrogens with one attached hydrogen (secondary N) is 1. The Morgan fingerprint density at radius 1 is 1.33 bits per heavy atom. The minimum absolute atomic E-state index is 0.0651.